The minimum atomic E-state index is -3.93. The minimum absolute atomic E-state index is 0.140. The van der Waals surface area contributed by atoms with Gasteiger partial charge in [-0.05, 0) is 24.6 Å². The van der Waals surface area contributed by atoms with Gasteiger partial charge in [0.05, 0.1) is 26.2 Å². The van der Waals surface area contributed by atoms with Gasteiger partial charge >= 0.3 is 6.03 Å². The number of nitrogens with zero attached hydrogens (tertiary/aromatic N) is 2. The van der Waals surface area contributed by atoms with Crippen LogP contribution in [0, 0.1) is 5.82 Å². The number of amides is 3. The second-order valence-electron chi connectivity index (χ2n) is 7.90. The van der Waals surface area contributed by atoms with Crippen molar-refractivity contribution in [3.63, 3.8) is 0 Å². The average molecular weight is 448 g/mol. The second kappa shape index (κ2) is 8.03. The Kier molecular flexibility index (Phi) is 5.54. The number of carbonyl (C=O) groups excluding carboxylic acids is 2. The summed E-state index contributed by atoms with van der Waals surface area (Å²) in [6.45, 7) is 2.95. The van der Waals surface area contributed by atoms with Gasteiger partial charge in [0.2, 0.25) is 10.0 Å². The number of hydrogen-bond acceptors (Lipinski definition) is 4. The summed E-state index contributed by atoms with van der Waals surface area (Å²) in [5.74, 6) is -1.12. The lowest BCUT2D eigenvalue weighted by Gasteiger charge is -2.33. The summed E-state index contributed by atoms with van der Waals surface area (Å²) >= 11 is 0. The van der Waals surface area contributed by atoms with Crippen molar-refractivity contribution in [3.05, 3.63) is 66.0 Å². The monoisotopic (exact) mass is 447 g/mol. The summed E-state index contributed by atoms with van der Waals surface area (Å²) < 4.78 is 40.7. The van der Waals surface area contributed by atoms with Gasteiger partial charge in [-0.15, -0.1) is 0 Å². The van der Waals surface area contributed by atoms with Crippen LogP contribution in [0.1, 0.15) is 12.5 Å². The van der Waals surface area contributed by atoms with E-state index in [0.29, 0.717) is 18.7 Å². The van der Waals surface area contributed by atoms with Crippen molar-refractivity contribution in [1.29, 1.82) is 0 Å². The van der Waals surface area contributed by atoms with Crippen LogP contribution in [-0.4, -0.2) is 62.4 Å². The van der Waals surface area contributed by atoms with Gasteiger partial charge in [-0.25, -0.2) is 22.5 Å². The first-order chi connectivity index (χ1) is 14.7. The normalized spacial score (nSPS) is 23.2. The molecule has 1 atom stereocenters. The second-order valence-corrected chi connectivity index (χ2v) is 9.80. The molecule has 2 aromatic carbocycles. The highest BCUT2D eigenvalue weighted by atomic mass is 32.2. The molecule has 2 heterocycles. The number of quaternary nitrogens is 1. The molecule has 2 aliphatic rings. The van der Waals surface area contributed by atoms with E-state index in [9.17, 15) is 22.4 Å². The zero-order valence-electron chi connectivity index (χ0n) is 17.0. The molecular weight excluding hydrogens is 423 g/mol. The summed E-state index contributed by atoms with van der Waals surface area (Å²) in [6.07, 6.45) is 0. The Hall–Kier alpha value is -2.82. The van der Waals surface area contributed by atoms with Gasteiger partial charge in [0.25, 0.3) is 5.91 Å². The Morgan fingerprint density at radius 1 is 1.03 bits per heavy atom. The molecule has 0 aromatic heterocycles. The largest absolute Gasteiger partial charge is 0.329 e. The van der Waals surface area contributed by atoms with E-state index in [4.69, 9.17) is 0 Å². The first-order valence-corrected chi connectivity index (χ1v) is 11.5. The number of nitrogens with one attached hydrogen (secondary N) is 2. The van der Waals surface area contributed by atoms with Crippen molar-refractivity contribution in [2.24, 2.45) is 0 Å². The van der Waals surface area contributed by atoms with Gasteiger partial charge in [-0.3, -0.25) is 4.79 Å². The lowest BCUT2D eigenvalue weighted by molar-refractivity contribution is -0.910. The van der Waals surface area contributed by atoms with E-state index in [0.717, 1.165) is 11.0 Å². The number of urea groups is 1. The predicted molar refractivity (Wildman–Crippen MR) is 110 cm³/mol. The number of benzene rings is 2. The molecule has 164 valence electrons. The molecule has 3 amide bonds. The third-order valence-corrected chi connectivity index (χ3v) is 7.82. The summed E-state index contributed by atoms with van der Waals surface area (Å²) in [5, 5.41) is 2.77. The fourth-order valence-corrected chi connectivity index (χ4v) is 5.53. The van der Waals surface area contributed by atoms with E-state index < -0.39 is 27.4 Å². The van der Waals surface area contributed by atoms with Crippen molar-refractivity contribution >= 4 is 22.0 Å². The van der Waals surface area contributed by atoms with E-state index in [-0.39, 0.29) is 30.6 Å². The first kappa shape index (κ1) is 21.4. The van der Waals surface area contributed by atoms with Crippen molar-refractivity contribution in [3.8, 4) is 0 Å². The van der Waals surface area contributed by atoms with E-state index >= 15 is 0 Å². The van der Waals surface area contributed by atoms with Crippen LogP contribution in [0.2, 0.25) is 0 Å². The summed E-state index contributed by atoms with van der Waals surface area (Å²) in [6, 6.07) is 13.9. The molecule has 0 radical (unpaired) electrons. The highest BCUT2D eigenvalue weighted by Gasteiger charge is 2.50. The van der Waals surface area contributed by atoms with E-state index in [1.165, 1.54) is 27.4 Å². The SMILES string of the molecule is C[C@]1(c2ccccc2)NC(=O)N(C[NH+]2CCN(S(=O)(=O)c3ccccc3F)CC2)C1=O. The van der Waals surface area contributed by atoms with Crippen LogP contribution in [0.3, 0.4) is 0 Å². The number of sulfonamides is 1. The first-order valence-electron chi connectivity index (χ1n) is 10.0. The maximum atomic E-state index is 14.0. The molecular formula is C21H24FN4O4S+. The molecule has 0 aliphatic carbocycles. The van der Waals surface area contributed by atoms with Gasteiger partial charge in [-0.1, -0.05) is 42.5 Å². The fraction of sp³-hybridized carbons (Fsp3) is 0.333. The maximum absolute atomic E-state index is 14.0. The van der Waals surface area contributed by atoms with Gasteiger partial charge in [-0.2, -0.15) is 4.31 Å². The molecule has 10 heteroatoms. The number of carbonyl (C=O) groups is 2. The van der Waals surface area contributed by atoms with Crippen LogP contribution in [0.4, 0.5) is 9.18 Å². The zero-order chi connectivity index (χ0) is 22.2. The number of imide groups is 1. The Morgan fingerprint density at radius 3 is 2.29 bits per heavy atom. The molecule has 0 saturated carbocycles. The predicted octanol–water partition coefficient (Wildman–Crippen LogP) is 0.140. The summed E-state index contributed by atoms with van der Waals surface area (Å²) in [7, 11) is -3.93. The van der Waals surface area contributed by atoms with Gasteiger partial charge < -0.3 is 10.2 Å². The highest BCUT2D eigenvalue weighted by Crippen LogP contribution is 2.28. The molecule has 2 saturated heterocycles. The van der Waals surface area contributed by atoms with Gasteiger partial charge in [0, 0.05) is 0 Å². The van der Waals surface area contributed by atoms with Crippen LogP contribution in [-0.2, 0) is 20.4 Å². The zero-order valence-corrected chi connectivity index (χ0v) is 17.9. The molecule has 31 heavy (non-hydrogen) atoms. The van der Waals surface area contributed by atoms with Crippen LogP contribution < -0.4 is 10.2 Å². The third-order valence-electron chi connectivity index (χ3n) is 5.89. The number of hydrogen-bond donors (Lipinski definition) is 2. The van der Waals surface area contributed by atoms with Crippen molar-refractivity contribution in [1.82, 2.24) is 14.5 Å². The Morgan fingerprint density at radius 2 is 1.65 bits per heavy atom. The standard InChI is InChI=1S/C21H23FN4O4S/c1-21(16-7-3-2-4-8-16)19(27)26(20(28)23-21)15-24-11-13-25(14-12-24)31(29,30)18-10-6-5-9-17(18)22/h2-10H,11-15H2,1H3,(H,23,28)/p+1/t21-/m1/s1. The van der Waals surface area contributed by atoms with Crippen molar-refractivity contribution < 1.29 is 27.3 Å². The summed E-state index contributed by atoms with van der Waals surface area (Å²) in [5.41, 5.74) is -0.431. The van der Waals surface area contributed by atoms with Crippen LogP contribution in [0.15, 0.2) is 59.5 Å². The maximum Gasteiger partial charge on any atom is 0.329 e. The van der Waals surface area contributed by atoms with E-state index in [1.54, 1.807) is 19.1 Å². The van der Waals surface area contributed by atoms with Crippen LogP contribution in [0.5, 0.6) is 0 Å². The van der Waals surface area contributed by atoms with Crippen LogP contribution >= 0.6 is 0 Å². The molecule has 0 unspecified atom stereocenters. The average Bonchev–Trinajstić information content (AvgIpc) is 2.99. The molecule has 8 nitrogen and oxygen atoms in total. The molecule has 2 N–H and O–H groups in total. The fourth-order valence-electron chi connectivity index (χ4n) is 4.03. The van der Waals surface area contributed by atoms with E-state index in [1.807, 2.05) is 18.2 Å². The Labute approximate surface area is 180 Å². The summed E-state index contributed by atoms with van der Waals surface area (Å²) in [4.78, 5) is 27.3. The number of halogens is 1. The Balaban J connectivity index is 1.42. The van der Waals surface area contributed by atoms with Crippen molar-refractivity contribution in [2.75, 3.05) is 32.8 Å². The molecule has 0 bridgehead atoms. The smallest absolute Gasteiger partial charge is 0.319 e. The molecule has 2 fully saturated rings. The number of piperazine rings is 1. The lowest BCUT2D eigenvalue weighted by Crippen LogP contribution is -3.16. The highest BCUT2D eigenvalue weighted by molar-refractivity contribution is 7.89. The molecule has 2 aromatic rings. The molecule has 0 spiro atoms. The Bertz CT molecular complexity index is 1100. The third kappa shape index (κ3) is 3.82. The number of rotatable bonds is 5. The van der Waals surface area contributed by atoms with Gasteiger partial charge in [0.15, 0.2) is 6.67 Å². The minimum Gasteiger partial charge on any atom is -0.319 e. The quantitative estimate of drug-likeness (QED) is 0.638. The molecule has 4 rings (SSSR count). The molecule has 2 aliphatic heterocycles. The van der Waals surface area contributed by atoms with Crippen LogP contribution in [0.25, 0.3) is 0 Å². The topological polar surface area (TPSA) is 91.2 Å². The van der Waals surface area contributed by atoms with Crippen molar-refractivity contribution in [2.45, 2.75) is 17.4 Å². The van der Waals surface area contributed by atoms with E-state index in [2.05, 4.69) is 5.32 Å². The lowest BCUT2D eigenvalue weighted by atomic mass is 9.92. The van der Waals surface area contributed by atoms with Gasteiger partial charge in [0.1, 0.15) is 16.3 Å².